The van der Waals surface area contributed by atoms with Gasteiger partial charge in [0.15, 0.2) is 0 Å². The fourth-order valence-corrected chi connectivity index (χ4v) is 4.43. The molecule has 7 heteroatoms. The summed E-state index contributed by atoms with van der Waals surface area (Å²) >= 11 is 0. The van der Waals surface area contributed by atoms with Crippen LogP contribution in [0, 0.1) is 0 Å². The molecule has 1 saturated carbocycles. The molecule has 5 rings (SSSR count). The lowest BCUT2D eigenvalue weighted by Crippen LogP contribution is -2.13. The van der Waals surface area contributed by atoms with Crippen molar-refractivity contribution in [3.8, 4) is 5.75 Å². The van der Waals surface area contributed by atoms with E-state index in [1.54, 1.807) is 24.5 Å². The van der Waals surface area contributed by atoms with E-state index in [0.29, 0.717) is 24.2 Å². The number of aromatic nitrogens is 3. The summed E-state index contributed by atoms with van der Waals surface area (Å²) in [5, 5.41) is 4.18. The highest BCUT2D eigenvalue weighted by Gasteiger charge is 2.15. The molecule has 3 N–H and O–H groups in total. The highest BCUT2D eigenvalue weighted by atomic mass is 16.5. The summed E-state index contributed by atoms with van der Waals surface area (Å²) in [5.74, 6) is 1.38. The quantitative estimate of drug-likeness (QED) is 0.383. The van der Waals surface area contributed by atoms with E-state index in [4.69, 9.17) is 10.5 Å². The fraction of sp³-hybridized carbons (Fsp3) is 0.259. The summed E-state index contributed by atoms with van der Waals surface area (Å²) in [4.78, 5) is 24.3. The minimum atomic E-state index is -0.561. The van der Waals surface area contributed by atoms with E-state index >= 15 is 0 Å². The number of fused-ring (bicyclic) bond motifs is 1. The van der Waals surface area contributed by atoms with E-state index < -0.39 is 5.91 Å². The molecule has 0 bridgehead atoms. The molecule has 2 aromatic heterocycles. The van der Waals surface area contributed by atoms with Crippen molar-refractivity contribution in [2.75, 3.05) is 5.32 Å². The maximum atomic E-state index is 11.3. The zero-order valence-electron chi connectivity index (χ0n) is 18.9. The molecule has 0 unspecified atom stereocenters. The Kier molecular flexibility index (Phi) is 6.33. The number of nitrogens with two attached hydrogens (primary N) is 1. The number of carbonyl (C=O) groups is 1. The molecular weight excluding hydrogens is 426 g/mol. The molecule has 4 aromatic rings. The van der Waals surface area contributed by atoms with Crippen molar-refractivity contribution in [1.82, 2.24) is 15.0 Å². The van der Waals surface area contributed by atoms with Crippen molar-refractivity contribution >= 4 is 28.4 Å². The van der Waals surface area contributed by atoms with Crippen molar-refractivity contribution in [1.29, 1.82) is 0 Å². The van der Waals surface area contributed by atoms with E-state index in [-0.39, 0.29) is 5.69 Å². The van der Waals surface area contributed by atoms with Gasteiger partial charge in [0.2, 0.25) is 5.95 Å². The molecule has 0 atom stereocenters. The standard InChI is InChI=1S/C27H27N5O2/c28-26(33)25-14-18(12-13-29-25)17-34-23-10-11-24-21(15-23)16-30-27(32-24)31-22-8-6-20(7-9-22)19-4-2-1-3-5-19/h6-16,19H,1-5,17H2,(H2,28,33)(H,30,31,32). The summed E-state index contributed by atoms with van der Waals surface area (Å²) < 4.78 is 5.87. The maximum absolute atomic E-state index is 11.3. The van der Waals surface area contributed by atoms with E-state index in [2.05, 4.69) is 44.5 Å². The Labute approximate surface area is 198 Å². The van der Waals surface area contributed by atoms with Gasteiger partial charge in [-0.25, -0.2) is 9.97 Å². The number of rotatable bonds is 7. The van der Waals surface area contributed by atoms with Gasteiger partial charge in [-0.3, -0.25) is 9.78 Å². The zero-order chi connectivity index (χ0) is 23.3. The van der Waals surface area contributed by atoms with Crippen LogP contribution in [-0.4, -0.2) is 20.9 Å². The Morgan fingerprint density at radius 1 is 1.00 bits per heavy atom. The number of hydrogen-bond donors (Lipinski definition) is 2. The van der Waals surface area contributed by atoms with Crippen LogP contribution < -0.4 is 15.8 Å². The lowest BCUT2D eigenvalue weighted by molar-refractivity contribution is 0.0995. The summed E-state index contributed by atoms with van der Waals surface area (Å²) in [6.07, 6.45) is 9.96. The van der Waals surface area contributed by atoms with Gasteiger partial charge in [0.1, 0.15) is 18.1 Å². The van der Waals surface area contributed by atoms with Crippen molar-refractivity contribution in [2.24, 2.45) is 5.73 Å². The van der Waals surface area contributed by atoms with Crippen LogP contribution in [0.3, 0.4) is 0 Å². The highest BCUT2D eigenvalue weighted by Crippen LogP contribution is 2.33. The molecule has 0 spiro atoms. The number of hydrogen-bond acceptors (Lipinski definition) is 6. The second-order valence-corrected chi connectivity index (χ2v) is 8.70. The monoisotopic (exact) mass is 453 g/mol. The number of nitrogens with one attached hydrogen (secondary N) is 1. The molecule has 2 aromatic carbocycles. The lowest BCUT2D eigenvalue weighted by atomic mass is 9.84. The molecule has 34 heavy (non-hydrogen) atoms. The average molecular weight is 454 g/mol. The fourth-order valence-electron chi connectivity index (χ4n) is 4.43. The first-order valence-electron chi connectivity index (χ1n) is 11.7. The molecule has 0 radical (unpaired) electrons. The van der Waals surface area contributed by atoms with Gasteiger partial charge in [-0.05, 0) is 72.4 Å². The summed E-state index contributed by atoms with van der Waals surface area (Å²) in [7, 11) is 0. The lowest BCUT2D eigenvalue weighted by Gasteiger charge is -2.22. The minimum absolute atomic E-state index is 0.219. The summed E-state index contributed by atoms with van der Waals surface area (Å²) in [5.41, 5.74) is 9.55. The summed E-state index contributed by atoms with van der Waals surface area (Å²) in [6, 6.07) is 17.8. The Balaban J connectivity index is 1.24. The van der Waals surface area contributed by atoms with Crippen LogP contribution in [0.2, 0.25) is 0 Å². The molecule has 1 fully saturated rings. The van der Waals surface area contributed by atoms with Gasteiger partial charge in [-0.1, -0.05) is 31.4 Å². The first-order valence-corrected chi connectivity index (χ1v) is 11.7. The predicted octanol–water partition coefficient (Wildman–Crippen LogP) is 5.49. The van der Waals surface area contributed by atoms with Gasteiger partial charge in [-0.2, -0.15) is 0 Å². The van der Waals surface area contributed by atoms with Crippen molar-refractivity contribution in [3.63, 3.8) is 0 Å². The van der Waals surface area contributed by atoms with Crippen LogP contribution in [0.5, 0.6) is 5.75 Å². The first-order chi connectivity index (χ1) is 16.6. The molecule has 172 valence electrons. The molecule has 7 nitrogen and oxygen atoms in total. The van der Waals surface area contributed by atoms with Crippen LogP contribution in [0.4, 0.5) is 11.6 Å². The number of ether oxygens (including phenoxy) is 1. The van der Waals surface area contributed by atoms with E-state index in [1.807, 2.05) is 18.2 Å². The SMILES string of the molecule is NC(=O)c1cc(COc2ccc3nc(Nc4ccc(C5CCCCC5)cc4)ncc3c2)ccn1. The summed E-state index contributed by atoms with van der Waals surface area (Å²) in [6.45, 7) is 0.297. The van der Waals surface area contributed by atoms with Crippen LogP contribution in [-0.2, 0) is 6.61 Å². The van der Waals surface area contributed by atoms with Crippen LogP contribution in [0.1, 0.15) is 59.6 Å². The van der Waals surface area contributed by atoms with Crippen LogP contribution in [0.15, 0.2) is 67.0 Å². The topological polar surface area (TPSA) is 103 Å². The number of pyridine rings is 1. The minimum Gasteiger partial charge on any atom is -0.489 e. The van der Waals surface area contributed by atoms with E-state index in [0.717, 1.165) is 22.2 Å². The maximum Gasteiger partial charge on any atom is 0.267 e. The Morgan fingerprint density at radius 2 is 1.82 bits per heavy atom. The van der Waals surface area contributed by atoms with E-state index in [1.165, 1.54) is 37.7 Å². The van der Waals surface area contributed by atoms with Crippen molar-refractivity contribution < 1.29 is 9.53 Å². The second kappa shape index (κ2) is 9.87. The van der Waals surface area contributed by atoms with Gasteiger partial charge in [0, 0.05) is 23.5 Å². The number of primary amides is 1. The molecular formula is C27H27N5O2. The Morgan fingerprint density at radius 3 is 2.62 bits per heavy atom. The van der Waals surface area contributed by atoms with Crippen LogP contribution >= 0.6 is 0 Å². The molecule has 2 heterocycles. The highest BCUT2D eigenvalue weighted by molar-refractivity contribution is 5.90. The second-order valence-electron chi connectivity index (χ2n) is 8.70. The van der Waals surface area contributed by atoms with Gasteiger partial charge < -0.3 is 15.8 Å². The van der Waals surface area contributed by atoms with Gasteiger partial charge in [0.25, 0.3) is 5.91 Å². The third kappa shape index (κ3) is 5.14. The molecule has 0 aliphatic heterocycles. The zero-order valence-corrected chi connectivity index (χ0v) is 18.9. The van der Waals surface area contributed by atoms with Gasteiger partial charge >= 0.3 is 0 Å². The molecule has 1 amide bonds. The Hall–Kier alpha value is -4.00. The number of benzene rings is 2. The smallest absolute Gasteiger partial charge is 0.267 e. The Bertz CT molecular complexity index is 1300. The van der Waals surface area contributed by atoms with Crippen molar-refractivity contribution in [2.45, 2.75) is 44.6 Å². The molecule has 1 aliphatic rings. The number of nitrogens with zero attached hydrogens (tertiary/aromatic N) is 3. The third-order valence-electron chi connectivity index (χ3n) is 6.28. The third-order valence-corrected chi connectivity index (χ3v) is 6.28. The van der Waals surface area contributed by atoms with Crippen LogP contribution in [0.25, 0.3) is 10.9 Å². The first kappa shape index (κ1) is 21.8. The number of amides is 1. The van der Waals surface area contributed by atoms with E-state index in [9.17, 15) is 4.79 Å². The number of carbonyl (C=O) groups excluding carboxylic acids is 1. The largest absolute Gasteiger partial charge is 0.489 e. The van der Waals surface area contributed by atoms with Gasteiger partial charge in [-0.15, -0.1) is 0 Å². The molecule has 0 saturated heterocycles. The number of anilines is 2. The van der Waals surface area contributed by atoms with Gasteiger partial charge in [0.05, 0.1) is 5.52 Å². The molecule has 1 aliphatic carbocycles. The van der Waals surface area contributed by atoms with Crippen molar-refractivity contribution in [3.05, 3.63) is 83.8 Å². The predicted molar refractivity (Wildman–Crippen MR) is 132 cm³/mol. The normalized spacial score (nSPS) is 14.1. The average Bonchev–Trinajstić information content (AvgIpc) is 2.88.